The van der Waals surface area contributed by atoms with Crippen LogP contribution < -0.4 is 5.73 Å². The molecular formula is C11H13NO. The number of carbonyl (C=O) groups excluding carboxylic acids is 1. The summed E-state index contributed by atoms with van der Waals surface area (Å²) in [5.74, 6) is 0.278. The van der Waals surface area contributed by atoms with Gasteiger partial charge in [0.2, 0.25) is 5.91 Å². The molecule has 0 bridgehead atoms. The number of hydrogen-bond donors (Lipinski definition) is 1. The molecule has 1 amide bonds. The van der Waals surface area contributed by atoms with E-state index in [9.17, 15) is 4.79 Å². The molecule has 0 aliphatic heterocycles. The average molecular weight is 175 g/mol. The molecule has 1 aromatic carbocycles. The number of hydrogen-bond acceptors (Lipinski definition) is 1. The zero-order valence-electron chi connectivity index (χ0n) is 7.71. The molecule has 2 nitrogen and oxygen atoms in total. The molecule has 2 N–H and O–H groups in total. The largest absolute Gasteiger partial charge is 0.366 e. The molecular weight excluding hydrogens is 162 g/mol. The summed E-state index contributed by atoms with van der Waals surface area (Å²) in [6, 6.07) is 5.83. The second-order valence-electron chi connectivity index (χ2n) is 3.68. The Bertz CT molecular complexity index is 357. The van der Waals surface area contributed by atoms with Gasteiger partial charge in [-0.3, -0.25) is 4.79 Å². The van der Waals surface area contributed by atoms with Crippen molar-refractivity contribution in [3.05, 3.63) is 34.9 Å². The standard InChI is InChI=1S/C11H13NO/c1-7-5-6-9-8(7)3-2-4-10(9)11(12)13/h2-4,7H,5-6H2,1H3,(H2,12,13). The Hall–Kier alpha value is -1.31. The maximum absolute atomic E-state index is 11.1. The lowest BCUT2D eigenvalue weighted by Crippen LogP contribution is -2.13. The SMILES string of the molecule is CC1CCc2c(C(N)=O)cccc21. The fourth-order valence-electron chi connectivity index (χ4n) is 2.09. The summed E-state index contributed by atoms with van der Waals surface area (Å²) in [6.45, 7) is 2.19. The summed E-state index contributed by atoms with van der Waals surface area (Å²) in [5.41, 5.74) is 8.47. The first-order valence-electron chi connectivity index (χ1n) is 4.61. The Morgan fingerprint density at radius 1 is 1.54 bits per heavy atom. The molecule has 0 fully saturated rings. The minimum absolute atomic E-state index is 0.300. The highest BCUT2D eigenvalue weighted by Crippen LogP contribution is 2.34. The third kappa shape index (κ3) is 1.22. The lowest BCUT2D eigenvalue weighted by Gasteiger charge is -2.06. The summed E-state index contributed by atoms with van der Waals surface area (Å²) >= 11 is 0. The molecule has 0 spiro atoms. The van der Waals surface area contributed by atoms with E-state index in [1.807, 2.05) is 12.1 Å². The Balaban J connectivity index is 2.57. The van der Waals surface area contributed by atoms with Gasteiger partial charge in [0.15, 0.2) is 0 Å². The molecule has 1 aliphatic carbocycles. The molecule has 1 unspecified atom stereocenters. The molecule has 0 heterocycles. The highest BCUT2D eigenvalue weighted by Gasteiger charge is 2.22. The lowest BCUT2D eigenvalue weighted by molar-refractivity contribution is 0.0999. The number of carbonyl (C=O) groups is 1. The molecule has 0 saturated heterocycles. The van der Waals surface area contributed by atoms with E-state index in [4.69, 9.17) is 5.73 Å². The molecule has 0 aromatic heterocycles. The maximum Gasteiger partial charge on any atom is 0.248 e. The van der Waals surface area contributed by atoms with E-state index in [-0.39, 0.29) is 5.91 Å². The van der Waals surface area contributed by atoms with Crippen LogP contribution in [-0.4, -0.2) is 5.91 Å². The summed E-state index contributed by atoms with van der Waals surface area (Å²) < 4.78 is 0. The monoisotopic (exact) mass is 175 g/mol. The van der Waals surface area contributed by atoms with Gasteiger partial charge in [-0.05, 0) is 36.0 Å². The molecule has 13 heavy (non-hydrogen) atoms. The quantitative estimate of drug-likeness (QED) is 0.695. The summed E-state index contributed by atoms with van der Waals surface area (Å²) in [6.07, 6.45) is 2.13. The van der Waals surface area contributed by atoms with Gasteiger partial charge in [-0.1, -0.05) is 19.1 Å². The van der Waals surface area contributed by atoms with Crippen LogP contribution in [0.2, 0.25) is 0 Å². The normalized spacial score (nSPS) is 19.9. The molecule has 68 valence electrons. The fourth-order valence-corrected chi connectivity index (χ4v) is 2.09. The number of amides is 1. The zero-order valence-corrected chi connectivity index (χ0v) is 7.71. The first-order valence-corrected chi connectivity index (χ1v) is 4.61. The molecule has 1 aromatic rings. The number of fused-ring (bicyclic) bond motifs is 1. The van der Waals surface area contributed by atoms with Crippen molar-refractivity contribution < 1.29 is 4.79 Å². The maximum atomic E-state index is 11.1. The van der Waals surface area contributed by atoms with Gasteiger partial charge in [-0.25, -0.2) is 0 Å². The molecule has 1 aliphatic rings. The van der Waals surface area contributed by atoms with Crippen LogP contribution in [-0.2, 0) is 6.42 Å². The number of primary amides is 1. The highest BCUT2D eigenvalue weighted by atomic mass is 16.1. The summed E-state index contributed by atoms with van der Waals surface area (Å²) in [7, 11) is 0. The van der Waals surface area contributed by atoms with E-state index >= 15 is 0 Å². The Morgan fingerprint density at radius 2 is 2.31 bits per heavy atom. The van der Waals surface area contributed by atoms with E-state index < -0.39 is 0 Å². The third-order valence-electron chi connectivity index (χ3n) is 2.84. The van der Waals surface area contributed by atoms with Crippen molar-refractivity contribution in [2.75, 3.05) is 0 Å². The van der Waals surface area contributed by atoms with Gasteiger partial charge in [0, 0.05) is 5.56 Å². The van der Waals surface area contributed by atoms with Crippen molar-refractivity contribution in [2.24, 2.45) is 5.73 Å². The lowest BCUT2D eigenvalue weighted by atomic mass is 10.00. The first kappa shape index (κ1) is 8.30. The van der Waals surface area contributed by atoms with Gasteiger partial charge in [0.1, 0.15) is 0 Å². The van der Waals surface area contributed by atoms with Crippen molar-refractivity contribution in [1.82, 2.24) is 0 Å². The van der Waals surface area contributed by atoms with Crippen LogP contribution in [0.4, 0.5) is 0 Å². The summed E-state index contributed by atoms with van der Waals surface area (Å²) in [5, 5.41) is 0. The Labute approximate surface area is 77.8 Å². The zero-order chi connectivity index (χ0) is 9.42. The highest BCUT2D eigenvalue weighted by molar-refractivity contribution is 5.94. The Morgan fingerprint density at radius 3 is 3.00 bits per heavy atom. The molecule has 2 rings (SSSR count). The van der Waals surface area contributed by atoms with Crippen molar-refractivity contribution in [3.8, 4) is 0 Å². The summed E-state index contributed by atoms with van der Waals surface area (Å²) in [4.78, 5) is 11.1. The van der Waals surface area contributed by atoms with Crippen molar-refractivity contribution in [3.63, 3.8) is 0 Å². The van der Waals surface area contributed by atoms with E-state index in [1.165, 1.54) is 11.1 Å². The smallest absolute Gasteiger partial charge is 0.248 e. The van der Waals surface area contributed by atoms with Crippen molar-refractivity contribution in [2.45, 2.75) is 25.7 Å². The number of benzene rings is 1. The number of rotatable bonds is 1. The van der Waals surface area contributed by atoms with E-state index in [1.54, 1.807) is 0 Å². The second-order valence-corrected chi connectivity index (χ2v) is 3.68. The van der Waals surface area contributed by atoms with Crippen LogP contribution in [0, 0.1) is 0 Å². The van der Waals surface area contributed by atoms with Crippen molar-refractivity contribution in [1.29, 1.82) is 0 Å². The third-order valence-corrected chi connectivity index (χ3v) is 2.84. The number of nitrogens with two attached hydrogens (primary N) is 1. The molecule has 2 heteroatoms. The van der Waals surface area contributed by atoms with Gasteiger partial charge >= 0.3 is 0 Å². The van der Waals surface area contributed by atoms with Gasteiger partial charge in [0.05, 0.1) is 0 Å². The Kier molecular flexibility index (Phi) is 1.83. The second kappa shape index (κ2) is 2.87. The molecule has 1 atom stereocenters. The van der Waals surface area contributed by atoms with Crippen LogP contribution in [0.5, 0.6) is 0 Å². The van der Waals surface area contributed by atoms with Gasteiger partial charge in [-0.15, -0.1) is 0 Å². The van der Waals surface area contributed by atoms with E-state index in [0.717, 1.165) is 12.8 Å². The van der Waals surface area contributed by atoms with Gasteiger partial charge in [0.25, 0.3) is 0 Å². The van der Waals surface area contributed by atoms with Crippen LogP contribution in [0.1, 0.15) is 40.7 Å². The average Bonchev–Trinajstić information content (AvgIpc) is 2.48. The van der Waals surface area contributed by atoms with E-state index in [0.29, 0.717) is 11.5 Å². The molecule has 0 radical (unpaired) electrons. The predicted octanol–water partition coefficient (Wildman–Crippen LogP) is 1.84. The minimum Gasteiger partial charge on any atom is -0.366 e. The van der Waals surface area contributed by atoms with E-state index in [2.05, 4.69) is 13.0 Å². The van der Waals surface area contributed by atoms with Gasteiger partial charge < -0.3 is 5.73 Å². The van der Waals surface area contributed by atoms with Crippen LogP contribution in [0.3, 0.4) is 0 Å². The fraction of sp³-hybridized carbons (Fsp3) is 0.364. The van der Waals surface area contributed by atoms with Crippen LogP contribution in [0.15, 0.2) is 18.2 Å². The topological polar surface area (TPSA) is 43.1 Å². The van der Waals surface area contributed by atoms with Crippen LogP contribution >= 0.6 is 0 Å². The van der Waals surface area contributed by atoms with Gasteiger partial charge in [-0.2, -0.15) is 0 Å². The molecule has 0 saturated carbocycles. The predicted molar refractivity (Wildman–Crippen MR) is 51.7 cm³/mol. The van der Waals surface area contributed by atoms with Crippen molar-refractivity contribution >= 4 is 5.91 Å². The minimum atomic E-state index is -0.300. The van der Waals surface area contributed by atoms with Crippen LogP contribution in [0.25, 0.3) is 0 Å². The first-order chi connectivity index (χ1) is 6.20.